The van der Waals surface area contributed by atoms with E-state index < -0.39 is 0 Å². The molecule has 0 aromatic heterocycles. The number of hydrogen-bond acceptors (Lipinski definition) is 3. The van der Waals surface area contributed by atoms with Crippen LogP contribution < -0.4 is 4.74 Å². The maximum absolute atomic E-state index is 12.6. The largest absolute Gasteiger partial charge is 0.497 e. The standard InChI is InChI=1S/C18H25NO2S/c1-21-15-8-10-16(11-9-15)22-13-18(20)19-12-4-6-14-5-2-3-7-17(14)19/h8-11,14,17H,2-7,12-13H2,1H3. The van der Waals surface area contributed by atoms with Gasteiger partial charge >= 0.3 is 0 Å². The van der Waals surface area contributed by atoms with Gasteiger partial charge in [-0.15, -0.1) is 11.8 Å². The summed E-state index contributed by atoms with van der Waals surface area (Å²) in [4.78, 5) is 15.9. The van der Waals surface area contributed by atoms with Crippen LogP contribution in [0.5, 0.6) is 5.75 Å². The van der Waals surface area contributed by atoms with Gasteiger partial charge in [-0.1, -0.05) is 12.8 Å². The number of carbonyl (C=O) groups is 1. The van der Waals surface area contributed by atoms with Crippen LogP contribution in [0.25, 0.3) is 0 Å². The molecule has 2 aliphatic rings. The number of carbonyl (C=O) groups excluding carboxylic acids is 1. The Morgan fingerprint density at radius 2 is 1.91 bits per heavy atom. The van der Waals surface area contributed by atoms with Crippen LogP contribution in [0.1, 0.15) is 38.5 Å². The van der Waals surface area contributed by atoms with Crippen molar-refractivity contribution in [3.8, 4) is 5.75 Å². The molecule has 1 saturated heterocycles. The Balaban J connectivity index is 1.56. The molecule has 2 atom stereocenters. The Labute approximate surface area is 137 Å². The molecule has 1 saturated carbocycles. The minimum atomic E-state index is 0.317. The predicted molar refractivity (Wildman–Crippen MR) is 90.4 cm³/mol. The summed E-state index contributed by atoms with van der Waals surface area (Å²) in [5, 5.41) is 0. The average Bonchev–Trinajstić information content (AvgIpc) is 2.59. The molecule has 1 aliphatic heterocycles. The number of amides is 1. The Kier molecular flexibility index (Phi) is 5.29. The summed E-state index contributed by atoms with van der Waals surface area (Å²) < 4.78 is 5.16. The number of ether oxygens (including phenoxy) is 1. The maximum atomic E-state index is 12.6. The molecule has 0 radical (unpaired) electrons. The number of hydrogen-bond donors (Lipinski definition) is 0. The zero-order valence-electron chi connectivity index (χ0n) is 13.3. The second kappa shape index (κ2) is 7.40. The molecule has 22 heavy (non-hydrogen) atoms. The lowest BCUT2D eigenvalue weighted by Gasteiger charge is -2.44. The third-order valence-corrected chi connectivity index (χ3v) is 5.98. The summed E-state index contributed by atoms with van der Waals surface area (Å²) in [7, 11) is 1.67. The van der Waals surface area contributed by atoms with Crippen LogP contribution in [-0.2, 0) is 4.79 Å². The second-order valence-corrected chi connectivity index (χ2v) is 7.35. The van der Waals surface area contributed by atoms with Crippen molar-refractivity contribution in [3.05, 3.63) is 24.3 Å². The highest BCUT2D eigenvalue weighted by Crippen LogP contribution is 2.35. The van der Waals surface area contributed by atoms with Crippen LogP contribution in [0.15, 0.2) is 29.2 Å². The summed E-state index contributed by atoms with van der Waals surface area (Å²) in [5.41, 5.74) is 0. The van der Waals surface area contributed by atoms with Crippen molar-refractivity contribution < 1.29 is 9.53 Å². The maximum Gasteiger partial charge on any atom is 0.233 e. The SMILES string of the molecule is COc1ccc(SCC(=O)N2CCCC3CCCCC32)cc1. The monoisotopic (exact) mass is 319 g/mol. The highest BCUT2D eigenvalue weighted by atomic mass is 32.2. The molecule has 1 amide bonds. The fraction of sp³-hybridized carbons (Fsp3) is 0.611. The van der Waals surface area contributed by atoms with Crippen molar-refractivity contribution >= 4 is 17.7 Å². The van der Waals surface area contributed by atoms with Gasteiger partial charge < -0.3 is 9.64 Å². The van der Waals surface area contributed by atoms with Gasteiger partial charge in [0.05, 0.1) is 12.9 Å². The first-order valence-corrected chi connectivity index (χ1v) is 9.33. The van der Waals surface area contributed by atoms with Crippen molar-refractivity contribution in [1.82, 2.24) is 4.90 Å². The summed E-state index contributed by atoms with van der Waals surface area (Å²) in [6, 6.07) is 8.47. The van der Waals surface area contributed by atoms with E-state index in [9.17, 15) is 4.79 Å². The molecule has 1 aromatic rings. The molecule has 4 heteroatoms. The minimum Gasteiger partial charge on any atom is -0.497 e. The molecule has 1 aromatic carbocycles. The van der Waals surface area contributed by atoms with Gasteiger partial charge in [-0.2, -0.15) is 0 Å². The third-order valence-electron chi connectivity index (χ3n) is 4.99. The molecule has 1 heterocycles. The van der Waals surface area contributed by atoms with Crippen LogP contribution in [0, 0.1) is 5.92 Å². The normalized spacial score (nSPS) is 24.7. The van der Waals surface area contributed by atoms with Crippen molar-refractivity contribution in [2.45, 2.75) is 49.5 Å². The van der Waals surface area contributed by atoms with Gasteiger partial charge in [-0.05, 0) is 55.9 Å². The Morgan fingerprint density at radius 1 is 1.18 bits per heavy atom. The van der Waals surface area contributed by atoms with Crippen LogP contribution in [-0.4, -0.2) is 36.3 Å². The number of methoxy groups -OCH3 is 1. The molecular weight excluding hydrogens is 294 g/mol. The number of piperidine rings is 1. The molecule has 3 nitrogen and oxygen atoms in total. The Morgan fingerprint density at radius 3 is 2.68 bits per heavy atom. The summed E-state index contributed by atoms with van der Waals surface area (Å²) in [6.45, 7) is 0.961. The quantitative estimate of drug-likeness (QED) is 0.787. The minimum absolute atomic E-state index is 0.317. The highest BCUT2D eigenvalue weighted by molar-refractivity contribution is 8.00. The zero-order valence-corrected chi connectivity index (χ0v) is 14.1. The van der Waals surface area contributed by atoms with E-state index in [4.69, 9.17) is 4.74 Å². The van der Waals surface area contributed by atoms with Crippen molar-refractivity contribution in [1.29, 1.82) is 0 Å². The van der Waals surface area contributed by atoms with E-state index in [0.717, 1.165) is 23.1 Å². The lowest BCUT2D eigenvalue weighted by Crippen LogP contribution is -2.50. The summed E-state index contributed by atoms with van der Waals surface area (Å²) >= 11 is 1.63. The van der Waals surface area contributed by atoms with Crippen LogP contribution in [0.3, 0.4) is 0 Å². The molecule has 1 aliphatic carbocycles. The number of rotatable bonds is 4. The molecule has 0 N–H and O–H groups in total. The van der Waals surface area contributed by atoms with E-state index in [0.29, 0.717) is 17.7 Å². The van der Waals surface area contributed by atoms with Crippen molar-refractivity contribution in [2.24, 2.45) is 5.92 Å². The fourth-order valence-electron chi connectivity index (χ4n) is 3.83. The number of benzene rings is 1. The van der Waals surface area contributed by atoms with Gasteiger partial charge in [-0.3, -0.25) is 4.79 Å². The molecular formula is C18H25NO2S. The average molecular weight is 319 g/mol. The topological polar surface area (TPSA) is 29.5 Å². The summed E-state index contributed by atoms with van der Waals surface area (Å²) in [6.07, 6.45) is 7.67. The first-order valence-electron chi connectivity index (χ1n) is 8.34. The summed E-state index contributed by atoms with van der Waals surface area (Å²) in [5.74, 6) is 2.49. The number of likely N-dealkylation sites (tertiary alicyclic amines) is 1. The van der Waals surface area contributed by atoms with E-state index in [-0.39, 0.29) is 0 Å². The van der Waals surface area contributed by atoms with Gasteiger partial charge in [-0.25, -0.2) is 0 Å². The smallest absolute Gasteiger partial charge is 0.233 e. The molecule has 0 spiro atoms. The number of fused-ring (bicyclic) bond motifs is 1. The molecule has 0 bridgehead atoms. The van der Waals surface area contributed by atoms with E-state index in [2.05, 4.69) is 4.90 Å². The van der Waals surface area contributed by atoms with Crippen molar-refractivity contribution in [3.63, 3.8) is 0 Å². The van der Waals surface area contributed by atoms with Gasteiger partial charge in [0.1, 0.15) is 5.75 Å². The number of thioether (sulfide) groups is 1. The lowest BCUT2D eigenvalue weighted by molar-refractivity contribution is -0.134. The fourth-order valence-corrected chi connectivity index (χ4v) is 4.62. The Bertz CT molecular complexity index is 500. The van der Waals surface area contributed by atoms with Gasteiger partial charge in [0.15, 0.2) is 0 Å². The first-order chi connectivity index (χ1) is 10.8. The molecule has 2 unspecified atom stereocenters. The Hall–Kier alpha value is -1.16. The molecule has 3 rings (SSSR count). The van der Waals surface area contributed by atoms with Gasteiger partial charge in [0.2, 0.25) is 5.91 Å². The molecule has 2 fully saturated rings. The molecule has 120 valence electrons. The van der Waals surface area contributed by atoms with Gasteiger partial charge in [0, 0.05) is 17.5 Å². The lowest BCUT2D eigenvalue weighted by atomic mass is 9.78. The second-order valence-electron chi connectivity index (χ2n) is 6.31. The van der Waals surface area contributed by atoms with E-state index in [1.807, 2.05) is 24.3 Å². The zero-order chi connectivity index (χ0) is 15.4. The van der Waals surface area contributed by atoms with Gasteiger partial charge in [0.25, 0.3) is 0 Å². The third kappa shape index (κ3) is 3.60. The van der Waals surface area contributed by atoms with Crippen LogP contribution >= 0.6 is 11.8 Å². The predicted octanol–water partition coefficient (Wildman–Crippen LogP) is 3.97. The van der Waals surface area contributed by atoms with E-state index in [1.165, 1.54) is 38.5 Å². The van der Waals surface area contributed by atoms with Crippen molar-refractivity contribution in [2.75, 3.05) is 19.4 Å². The highest BCUT2D eigenvalue weighted by Gasteiger charge is 2.35. The van der Waals surface area contributed by atoms with Crippen LogP contribution in [0.2, 0.25) is 0 Å². The van der Waals surface area contributed by atoms with E-state index >= 15 is 0 Å². The number of nitrogens with zero attached hydrogens (tertiary/aromatic N) is 1. The first kappa shape index (κ1) is 15.7. The van der Waals surface area contributed by atoms with E-state index in [1.54, 1.807) is 18.9 Å². The van der Waals surface area contributed by atoms with Crippen LogP contribution in [0.4, 0.5) is 0 Å².